The summed E-state index contributed by atoms with van der Waals surface area (Å²) in [7, 11) is 0. The summed E-state index contributed by atoms with van der Waals surface area (Å²) in [4.78, 5) is 11.7. The molecule has 0 atom stereocenters. The van der Waals surface area contributed by atoms with Gasteiger partial charge in [-0.1, -0.05) is 45.9 Å². The van der Waals surface area contributed by atoms with Crippen LogP contribution < -0.4 is 10.1 Å². The zero-order valence-electron chi connectivity index (χ0n) is 12.8. The number of amides is 1. The molecule has 0 aliphatic carbocycles. The average Bonchev–Trinajstić information content (AvgIpc) is 2.43. The van der Waals surface area contributed by atoms with Crippen molar-refractivity contribution in [2.45, 2.75) is 33.6 Å². The van der Waals surface area contributed by atoms with E-state index in [0.29, 0.717) is 12.5 Å². The minimum Gasteiger partial charge on any atom is -0.483 e. The molecule has 1 aromatic rings. The summed E-state index contributed by atoms with van der Waals surface area (Å²) < 4.78 is 5.58. The van der Waals surface area contributed by atoms with E-state index >= 15 is 0 Å². The number of para-hydroxylation sites is 1. The molecule has 0 bridgehead atoms. The Hall–Kier alpha value is -1.55. The summed E-state index contributed by atoms with van der Waals surface area (Å²) in [5.74, 6) is 0.923. The van der Waals surface area contributed by atoms with Crippen LogP contribution in [-0.2, 0) is 4.79 Å². The Labute approximate surface area is 121 Å². The van der Waals surface area contributed by atoms with E-state index in [1.807, 2.05) is 38.1 Å². The molecule has 0 radical (unpaired) electrons. The van der Waals surface area contributed by atoms with E-state index < -0.39 is 0 Å². The largest absolute Gasteiger partial charge is 0.483 e. The second kappa shape index (κ2) is 7.29. The number of ether oxygens (including phenoxy) is 1. The van der Waals surface area contributed by atoms with E-state index in [1.165, 1.54) is 0 Å². The first-order valence-corrected chi connectivity index (χ1v) is 6.95. The maximum Gasteiger partial charge on any atom is 0.257 e. The van der Waals surface area contributed by atoms with Gasteiger partial charge in [0.2, 0.25) is 0 Å². The fraction of sp³-hybridized carbons (Fsp3) is 0.562. The Morgan fingerprint density at radius 1 is 1.35 bits per heavy atom. The highest BCUT2D eigenvalue weighted by Crippen LogP contribution is 2.25. The first-order valence-electron chi connectivity index (χ1n) is 6.95. The van der Waals surface area contributed by atoms with Gasteiger partial charge < -0.3 is 15.2 Å². The van der Waals surface area contributed by atoms with Gasteiger partial charge in [0, 0.05) is 18.6 Å². The zero-order valence-corrected chi connectivity index (χ0v) is 12.8. The number of nitrogens with one attached hydrogen (secondary N) is 1. The van der Waals surface area contributed by atoms with Crippen molar-refractivity contribution in [3.63, 3.8) is 0 Å². The second-order valence-electron chi connectivity index (χ2n) is 6.08. The van der Waals surface area contributed by atoms with E-state index in [-0.39, 0.29) is 24.5 Å². The number of rotatable bonds is 7. The third kappa shape index (κ3) is 5.21. The molecule has 1 amide bonds. The summed E-state index contributed by atoms with van der Waals surface area (Å²) in [6.07, 6.45) is 0. The van der Waals surface area contributed by atoms with Crippen LogP contribution in [0.25, 0.3) is 0 Å². The molecule has 0 spiro atoms. The van der Waals surface area contributed by atoms with Gasteiger partial charge in [0.25, 0.3) is 5.91 Å². The lowest BCUT2D eigenvalue weighted by Crippen LogP contribution is -2.38. The zero-order chi connectivity index (χ0) is 15.2. The van der Waals surface area contributed by atoms with Gasteiger partial charge in [-0.25, -0.2) is 0 Å². The van der Waals surface area contributed by atoms with Crippen LogP contribution in [0.15, 0.2) is 24.3 Å². The fourth-order valence-electron chi connectivity index (χ4n) is 1.68. The van der Waals surface area contributed by atoms with Crippen molar-refractivity contribution in [2.24, 2.45) is 5.41 Å². The molecule has 0 aromatic heterocycles. The fourth-order valence-corrected chi connectivity index (χ4v) is 1.68. The van der Waals surface area contributed by atoms with Crippen molar-refractivity contribution < 1.29 is 14.6 Å². The van der Waals surface area contributed by atoms with Crippen LogP contribution in [0.1, 0.15) is 39.2 Å². The van der Waals surface area contributed by atoms with E-state index in [2.05, 4.69) is 19.2 Å². The molecule has 2 N–H and O–H groups in total. The lowest BCUT2D eigenvalue weighted by atomic mass is 9.95. The minimum absolute atomic E-state index is 0.00869. The van der Waals surface area contributed by atoms with Crippen LogP contribution in [0.3, 0.4) is 0 Å². The highest BCUT2D eigenvalue weighted by atomic mass is 16.5. The number of aliphatic hydroxyl groups excluding tert-OH is 1. The number of benzene rings is 1. The van der Waals surface area contributed by atoms with Gasteiger partial charge in [-0.05, 0) is 17.5 Å². The molecule has 0 aliphatic heterocycles. The summed E-state index contributed by atoms with van der Waals surface area (Å²) in [6.45, 7) is 8.41. The molecule has 4 nitrogen and oxygen atoms in total. The van der Waals surface area contributed by atoms with Crippen molar-refractivity contribution in [1.29, 1.82) is 0 Å². The van der Waals surface area contributed by atoms with Crippen LogP contribution >= 0.6 is 0 Å². The second-order valence-corrected chi connectivity index (χ2v) is 6.08. The monoisotopic (exact) mass is 279 g/mol. The molecular weight excluding hydrogens is 254 g/mol. The predicted molar refractivity (Wildman–Crippen MR) is 79.9 cm³/mol. The van der Waals surface area contributed by atoms with Crippen molar-refractivity contribution in [2.75, 3.05) is 19.8 Å². The molecule has 112 valence electrons. The van der Waals surface area contributed by atoms with Crippen LogP contribution in [-0.4, -0.2) is 30.8 Å². The van der Waals surface area contributed by atoms with Gasteiger partial charge in [0.1, 0.15) is 5.75 Å². The van der Waals surface area contributed by atoms with Crippen molar-refractivity contribution in [3.05, 3.63) is 29.8 Å². The number of aliphatic hydroxyl groups is 1. The first-order chi connectivity index (χ1) is 9.35. The Morgan fingerprint density at radius 2 is 2.00 bits per heavy atom. The molecule has 1 rings (SSSR count). The Bertz CT molecular complexity index is 441. The molecule has 0 fully saturated rings. The van der Waals surface area contributed by atoms with Crippen LogP contribution in [0.5, 0.6) is 5.75 Å². The highest BCUT2D eigenvalue weighted by Gasteiger charge is 2.17. The summed E-state index contributed by atoms with van der Waals surface area (Å²) >= 11 is 0. The molecular formula is C16H25NO3. The SMILES string of the molecule is CC(C)c1ccccc1OCC(=O)NCC(C)(C)CO. The molecule has 0 aliphatic rings. The third-order valence-electron chi connectivity index (χ3n) is 3.09. The maximum absolute atomic E-state index is 11.7. The van der Waals surface area contributed by atoms with Gasteiger partial charge in [-0.2, -0.15) is 0 Å². The van der Waals surface area contributed by atoms with Gasteiger partial charge in [0.15, 0.2) is 6.61 Å². The smallest absolute Gasteiger partial charge is 0.257 e. The van der Waals surface area contributed by atoms with Gasteiger partial charge >= 0.3 is 0 Å². The van der Waals surface area contributed by atoms with E-state index in [4.69, 9.17) is 9.84 Å². The van der Waals surface area contributed by atoms with Crippen LogP contribution in [0.4, 0.5) is 0 Å². The van der Waals surface area contributed by atoms with E-state index in [1.54, 1.807) is 0 Å². The quantitative estimate of drug-likeness (QED) is 0.805. The predicted octanol–water partition coefficient (Wildman–Crippen LogP) is 2.32. The molecule has 20 heavy (non-hydrogen) atoms. The third-order valence-corrected chi connectivity index (χ3v) is 3.09. The van der Waals surface area contributed by atoms with Crippen molar-refractivity contribution >= 4 is 5.91 Å². The molecule has 1 aromatic carbocycles. The molecule has 0 saturated heterocycles. The highest BCUT2D eigenvalue weighted by molar-refractivity contribution is 5.77. The average molecular weight is 279 g/mol. The summed E-state index contributed by atoms with van der Waals surface area (Å²) in [5.41, 5.74) is 0.780. The minimum atomic E-state index is -0.314. The first kappa shape index (κ1) is 16.5. The Balaban J connectivity index is 2.49. The van der Waals surface area contributed by atoms with Crippen LogP contribution in [0.2, 0.25) is 0 Å². The van der Waals surface area contributed by atoms with Crippen molar-refractivity contribution in [3.8, 4) is 5.75 Å². The molecule has 0 saturated carbocycles. The van der Waals surface area contributed by atoms with Gasteiger partial charge in [-0.3, -0.25) is 4.79 Å². The molecule has 4 heteroatoms. The number of hydrogen-bond acceptors (Lipinski definition) is 3. The Morgan fingerprint density at radius 3 is 2.60 bits per heavy atom. The number of carbonyl (C=O) groups excluding carboxylic acids is 1. The Kier molecular flexibility index (Phi) is 6.02. The summed E-state index contributed by atoms with van der Waals surface area (Å²) in [5, 5.41) is 11.9. The van der Waals surface area contributed by atoms with Crippen molar-refractivity contribution in [1.82, 2.24) is 5.32 Å². The topological polar surface area (TPSA) is 58.6 Å². The van der Waals surface area contributed by atoms with Gasteiger partial charge in [-0.15, -0.1) is 0 Å². The summed E-state index contributed by atoms with van der Waals surface area (Å²) in [6, 6.07) is 7.74. The lowest BCUT2D eigenvalue weighted by Gasteiger charge is -2.22. The molecule has 0 unspecified atom stereocenters. The van der Waals surface area contributed by atoms with Gasteiger partial charge in [0.05, 0.1) is 0 Å². The standard InChI is InChI=1S/C16H25NO3/c1-12(2)13-7-5-6-8-14(13)20-9-15(19)17-10-16(3,4)11-18/h5-8,12,18H,9-11H2,1-4H3,(H,17,19). The molecule has 0 heterocycles. The number of hydrogen-bond donors (Lipinski definition) is 2. The normalized spacial score (nSPS) is 11.5. The maximum atomic E-state index is 11.7. The lowest BCUT2D eigenvalue weighted by molar-refractivity contribution is -0.123. The van der Waals surface area contributed by atoms with E-state index in [0.717, 1.165) is 11.3 Å². The number of carbonyl (C=O) groups is 1. The van der Waals surface area contributed by atoms with E-state index in [9.17, 15) is 4.79 Å². The van der Waals surface area contributed by atoms with Crippen LogP contribution in [0, 0.1) is 5.41 Å².